The molecule has 6 nitrogen and oxygen atoms in total. The Morgan fingerprint density at radius 3 is 2.42 bits per heavy atom. The van der Waals surface area contributed by atoms with Crippen LogP contribution >= 0.6 is 0 Å². The van der Waals surface area contributed by atoms with Crippen molar-refractivity contribution in [2.24, 2.45) is 0 Å². The molecule has 1 amide bonds. The molecule has 33 heavy (non-hydrogen) atoms. The molecule has 1 unspecified atom stereocenters. The average Bonchev–Trinajstić information content (AvgIpc) is 3.37. The first-order chi connectivity index (χ1) is 16.0. The second-order valence-electron chi connectivity index (χ2n) is 7.82. The molecule has 174 valence electrons. The zero-order chi connectivity index (χ0) is 23.6. The van der Waals surface area contributed by atoms with Crippen LogP contribution in [0.5, 0.6) is 5.75 Å². The SMILES string of the molecule is CCCCC(Oc1ccccc1CN(C)C(=O)c1ccc(-c2ccco2)cc1)C(=O)OCC. The molecular formula is C27H31NO5. The molecule has 0 saturated heterocycles. The van der Waals surface area contributed by atoms with Crippen molar-refractivity contribution in [3.05, 3.63) is 78.1 Å². The van der Waals surface area contributed by atoms with E-state index in [1.807, 2.05) is 48.5 Å². The molecule has 0 bridgehead atoms. The van der Waals surface area contributed by atoms with Crippen LogP contribution in [0.15, 0.2) is 71.3 Å². The highest BCUT2D eigenvalue weighted by molar-refractivity contribution is 5.94. The van der Waals surface area contributed by atoms with Crippen LogP contribution in [0.4, 0.5) is 0 Å². The van der Waals surface area contributed by atoms with E-state index in [0.717, 1.165) is 29.7 Å². The van der Waals surface area contributed by atoms with Crippen molar-refractivity contribution in [3.8, 4) is 17.1 Å². The van der Waals surface area contributed by atoms with E-state index in [0.29, 0.717) is 30.9 Å². The minimum atomic E-state index is -0.666. The standard InChI is InChI=1S/C27H31NO5/c1-4-6-11-25(27(30)31-5-2)33-24-12-8-7-10-22(24)19-28(3)26(29)21-16-14-20(15-17-21)23-13-9-18-32-23/h7-10,12-18,25H,4-6,11,19H2,1-3H3. The summed E-state index contributed by atoms with van der Waals surface area (Å²) in [5.41, 5.74) is 2.32. The molecule has 1 aromatic heterocycles. The molecule has 0 spiro atoms. The van der Waals surface area contributed by atoms with E-state index in [1.54, 1.807) is 37.3 Å². The molecule has 0 N–H and O–H groups in total. The number of esters is 1. The fourth-order valence-corrected chi connectivity index (χ4v) is 3.52. The number of hydrogen-bond donors (Lipinski definition) is 0. The van der Waals surface area contributed by atoms with Gasteiger partial charge in [-0.2, -0.15) is 0 Å². The zero-order valence-corrected chi connectivity index (χ0v) is 19.5. The van der Waals surface area contributed by atoms with E-state index in [-0.39, 0.29) is 11.9 Å². The van der Waals surface area contributed by atoms with E-state index >= 15 is 0 Å². The van der Waals surface area contributed by atoms with Gasteiger partial charge in [0.1, 0.15) is 11.5 Å². The fourth-order valence-electron chi connectivity index (χ4n) is 3.52. The predicted octanol–water partition coefficient (Wildman–Crippen LogP) is 5.72. The van der Waals surface area contributed by atoms with Gasteiger partial charge in [-0.15, -0.1) is 0 Å². The van der Waals surface area contributed by atoms with E-state index in [2.05, 4.69) is 6.92 Å². The van der Waals surface area contributed by atoms with E-state index < -0.39 is 6.10 Å². The lowest BCUT2D eigenvalue weighted by Crippen LogP contribution is -2.30. The Kier molecular flexibility index (Phi) is 8.70. The number of furan rings is 1. The van der Waals surface area contributed by atoms with Crippen molar-refractivity contribution < 1.29 is 23.5 Å². The first-order valence-corrected chi connectivity index (χ1v) is 11.3. The van der Waals surface area contributed by atoms with Gasteiger partial charge >= 0.3 is 5.97 Å². The highest BCUT2D eigenvalue weighted by Crippen LogP contribution is 2.24. The van der Waals surface area contributed by atoms with Gasteiger partial charge in [-0.3, -0.25) is 4.79 Å². The molecule has 1 atom stereocenters. The maximum atomic E-state index is 13.0. The van der Waals surface area contributed by atoms with Crippen LogP contribution in [-0.4, -0.2) is 36.5 Å². The molecule has 3 aromatic rings. The Balaban J connectivity index is 1.71. The molecule has 6 heteroatoms. The van der Waals surface area contributed by atoms with Crippen molar-refractivity contribution in [1.29, 1.82) is 0 Å². The number of amides is 1. The predicted molar refractivity (Wildman–Crippen MR) is 127 cm³/mol. The highest BCUT2D eigenvalue weighted by Gasteiger charge is 2.23. The molecule has 1 heterocycles. The van der Waals surface area contributed by atoms with Crippen molar-refractivity contribution in [2.75, 3.05) is 13.7 Å². The van der Waals surface area contributed by atoms with Crippen LogP contribution in [0.2, 0.25) is 0 Å². The van der Waals surface area contributed by atoms with E-state index in [9.17, 15) is 9.59 Å². The first kappa shape index (κ1) is 24.1. The number of unbranched alkanes of at least 4 members (excludes halogenated alkanes) is 1. The summed E-state index contributed by atoms with van der Waals surface area (Å²) in [6, 6.07) is 18.5. The Labute approximate surface area is 195 Å². The molecule has 0 radical (unpaired) electrons. The van der Waals surface area contributed by atoms with Crippen LogP contribution < -0.4 is 4.74 Å². The summed E-state index contributed by atoms with van der Waals surface area (Å²) in [6.45, 7) is 4.50. The van der Waals surface area contributed by atoms with Crippen LogP contribution in [-0.2, 0) is 16.1 Å². The number of rotatable bonds is 11. The van der Waals surface area contributed by atoms with Gasteiger partial charge in [-0.1, -0.05) is 43.7 Å². The summed E-state index contributed by atoms with van der Waals surface area (Å²) in [6.07, 6.45) is 3.35. The quantitative estimate of drug-likeness (QED) is 0.350. The third-order valence-electron chi connectivity index (χ3n) is 5.30. The lowest BCUT2D eigenvalue weighted by Gasteiger charge is -2.22. The van der Waals surface area contributed by atoms with Gasteiger partial charge < -0.3 is 18.8 Å². The largest absolute Gasteiger partial charge is 0.478 e. The summed E-state index contributed by atoms with van der Waals surface area (Å²) >= 11 is 0. The van der Waals surface area contributed by atoms with Crippen LogP contribution in [0.25, 0.3) is 11.3 Å². The average molecular weight is 450 g/mol. The Hall–Kier alpha value is -3.54. The molecule has 0 aliphatic rings. The summed E-state index contributed by atoms with van der Waals surface area (Å²) in [7, 11) is 1.75. The number of hydrogen-bond acceptors (Lipinski definition) is 5. The van der Waals surface area contributed by atoms with Crippen LogP contribution in [0.3, 0.4) is 0 Å². The van der Waals surface area contributed by atoms with Crippen LogP contribution in [0, 0.1) is 0 Å². The van der Waals surface area contributed by atoms with E-state index in [1.165, 1.54) is 0 Å². The lowest BCUT2D eigenvalue weighted by molar-refractivity contribution is -0.151. The molecule has 0 fully saturated rings. The minimum absolute atomic E-state index is 0.108. The third-order valence-corrected chi connectivity index (χ3v) is 5.30. The minimum Gasteiger partial charge on any atom is -0.478 e. The second kappa shape index (κ2) is 11.9. The van der Waals surface area contributed by atoms with Crippen molar-refractivity contribution in [2.45, 2.75) is 45.8 Å². The second-order valence-corrected chi connectivity index (χ2v) is 7.82. The van der Waals surface area contributed by atoms with Gasteiger partial charge in [0.25, 0.3) is 5.91 Å². The smallest absolute Gasteiger partial charge is 0.347 e. The van der Waals surface area contributed by atoms with Crippen LogP contribution in [0.1, 0.15) is 49.0 Å². The Morgan fingerprint density at radius 2 is 1.76 bits per heavy atom. The summed E-state index contributed by atoms with van der Waals surface area (Å²) < 4.78 is 16.7. The van der Waals surface area contributed by atoms with Gasteiger partial charge in [-0.05, 0) is 50.1 Å². The fraction of sp³-hybridized carbons (Fsp3) is 0.333. The number of carbonyl (C=O) groups is 2. The maximum Gasteiger partial charge on any atom is 0.347 e. The zero-order valence-electron chi connectivity index (χ0n) is 19.5. The molecule has 0 aliphatic heterocycles. The molecule has 0 saturated carbocycles. The van der Waals surface area contributed by atoms with Gasteiger partial charge in [0.05, 0.1) is 12.9 Å². The molecular weight excluding hydrogens is 418 g/mol. The summed E-state index contributed by atoms with van der Waals surface area (Å²) in [5, 5.41) is 0. The highest BCUT2D eigenvalue weighted by atomic mass is 16.6. The number of ether oxygens (including phenoxy) is 2. The first-order valence-electron chi connectivity index (χ1n) is 11.3. The summed E-state index contributed by atoms with van der Waals surface area (Å²) in [4.78, 5) is 27.0. The monoisotopic (exact) mass is 449 g/mol. The topological polar surface area (TPSA) is 69.0 Å². The summed E-state index contributed by atoms with van der Waals surface area (Å²) in [5.74, 6) is 0.873. The van der Waals surface area contributed by atoms with Crippen molar-refractivity contribution >= 4 is 11.9 Å². The molecule has 0 aliphatic carbocycles. The van der Waals surface area contributed by atoms with Crippen molar-refractivity contribution in [1.82, 2.24) is 4.90 Å². The lowest BCUT2D eigenvalue weighted by atomic mass is 10.1. The normalized spacial score (nSPS) is 11.6. The van der Waals surface area contributed by atoms with E-state index in [4.69, 9.17) is 13.9 Å². The Bertz CT molecular complexity index is 1030. The third kappa shape index (κ3) is 6.48. The van der Waals surface area contributed by atoms with Gasteiger partial charge in [0.15, 0.2) is 6.10 Å². The van der Waals surface area contributed by atoms with Crippen molar-refractivity contribution in [3.63, 3.8) is 0 Å². The molecule has 3 rings (SSSR count). The Morgan fingerprint density at radius 1 is 1.00 bits per heavy atom. The van der Waals surface area contributed by atoms with Gasteiger partial charge in [0, 0.05) is 30.3 Å². The van der Waals surface area contributed by atoms with Gasteiger partial charge in [0.2, 0.25) is 0 Å². The van der Waals surface area contributed by atoms with Gasteiger partial charge in [-0.25, -0.2) is 4.79 Å². The number of nitrogens with zero attached hydrogens (tertiary/aromatic N) is 1. The number of benzene rings is 2. The maximum absolute atomic E-state index is 13.0. The number of para-hydroxylation sites is 1. The number of carbonyl (C=O) groups excluding carboxylic acids is 2. The molecule has 2 aromatic carbocycles.